The zero-order chi connectivity index (χ0) is 12.4. The molecule has 0 spiro atoms. The van der Waals surface area contributed by atoms with E-state index < -0.39 is 0 Å². The number of nitrogens with one attached hydrogen (secondary N) is 1. The zero-order valence-electron chi connectivity index (χ0n) is 9.43. The van der Waals surface area contributed by atoms with Crippen LogP contribution in [0.4, 0.5) is 10.1 Å². The van der Waals surface area contributed by atoms with Gasteiger partial charge in [0.25, 0.3) is 0 Å². The molecule has 0 saturated carbocycles. The number of hydrogen-bond acceptors (Lipinski definition) is 2. The van der Waals surface area contributed by atoms with Crippen molar-refractivity contribution in [2.75, 3.05) is 16.8 Å². The minimum atomic E-state index is -0.308. The van der Waals surface area contributed by atoms with E-state index in [2.05, 4.69) is 21.2 Å². The molecule has 92 valence electrons. The molecule has 1 atom stereocenters. The van der Waals surface area contributed by atoms with Crippen molar-refractivity contribution >= 4 is 39.3 Å². The third-order valence-corrected chi connectivity index (χ3v) is 4.60. The Hall–Kier alpha value is -0.550. The number of thioether (sulfide) groups is 1. The Morgan fingerprint density at radius 1 is 1.59 bits per heavy atom. The average Bonchev–Trinajstić information content (AvgIpc) is 2.79. The number of carbonyl (C=O) groups excluding carboxylic acids is 1. The van der Waals surface area contributed by atoms with Gasteiger partial charge in [-0.05, 0) is 52.7 Å². The molecule has 0 aromatic heterocycles. The van der Waals surface area contributed by atoms with Gasteiger partial charge < -0.3 is 5.32 Å². The summed E-state index contributed by atoms with van der Waals surface area (Å²) < 4.78 is 13.6. The van der Waals surface area contributed by atoms with E-state index in [4.69, 9.17) is 0 Å². The second-order valence-electron chi connectivity index (χ2n) is 4.13. The van der Waals surface area contributed by atoms with Crippen LogP contribution >= 0.6 is 27.7 Å². The first-order chi connectivity index (χ1) is 8.08. The molecule has 0 aliphatic carbocycles. The third kappa shape index (κ3) is 3.01. The quantitative estimate of drug-likeness (QED) is 0.903. The fourth-order valence-electron chi connectivity index (χ4n) is 1.76. The van der Waals surface area contributed by atoms with Crippen molar-refractivity contribution in [2.45, 2.75) is 13.3 Å². The van der Waals surface area contributed by atoms with E-state index in [1.54, 1.807) is 24.8 Å². The zero-order valence-corrected chi connectivity index (χ0v) is 11.8. The lowest BCUT2D eigenvalue weighted by Gasteiger charge is -2.12. The highest BCUT2D eigenvalue weighted by Crippen LogP contribution is 2.27. The van der Waals surface area contributed by atoms with E-state index in [0.29, 0.717) is 10.2 Å². The van der Waals surface area contributed by atoms with Crippen LogP contribution in [0.25, 0.3) is 0 Å². The molecule has 1 aromatic rings. The lowest BCUT2D eigenvalue weighted by Crippen LogP contribution is -2.22. The van der Waals surface area contributed by atoms with Crippen LogP contribution in [0.1, 0.15) is 12.0 Å². The summed E-state index contributed by atoms with van der Waals surface area (Å²) in [7, 11) is 0. The van der Waals surface area contributed by atoms with Crippen molar-refractivity contribution < 1.29 is 9.18 Å². The number of rotatable bonds is 2. The second kappa shape index (κ2) is 5.40. The first-order valence-electron chi connectivity index (χ1n) is 5.42. The predicted molar refractivity (Wildman–Crippen MR) is 72.9 cm³/mol. The van der Waals surface area contributed by atoms with Crippen LogP contribution < -0.4 is 5.32 Å². The van der Waals surface area contributed by atoms with Gasteiger partial charge in [-0.2, -0.15) is 11.8 Å². The summed E-state index contributed by atoms with van der Waals surface area (Å²) in [5.41, 5.74) is 1.42. The monoisotopic (exact) mass is 317 g/mol. The molecule has 1 fully saturated rings. The van der Waals surface area contributed by atoms with Crippen LogP contribution in [0.5, 0.6) is 0 Å². The Morgan fingerprint density at radius 3 is 3.00 bits per heavy atom. The summed E-state index contributed by atoms with van der Waals surface area (Å²) in [6.45, 7) is 1.79. The topological polar surface area (TPSA) is 29.1 Å². The Kier molecular flexibility index (Phi) is 4.09. The summed E-state index contributed by atoms with van der Waals surface area (Å²) in [5.74, 6) is 1.74. The minimum Gasteiger partial charge on any atom is -0.326 e. The van der Waals surface area contributed by atoms with Gasteiger partial charge in [-0.1, -0.05) is 0 Å². The highest BCUT2D eigenvalue weighted by molar-refractivity contribution is 9.10. The molecule has 1 N–H and O–H groups in total. The van der Waals surface area contributed by atoms with Gasteiger partial charge in [-0.3, -0.25) is 4.79 Å². The van der Waals surface area contributed by atoms with Crippen molar-refractivity contribution in [3.8, 4) is 0 Å². The summed E-state index contributed by atoms with van der Waals surface area (Å²) in [4.78, 5) is 11.9. The number of benzene rings is 1. The number of carbonyl (C=O) groups is 1. The molecular formula is C12H13BrFNOS. The molecule has 1 aromatic carbocycles. The van der Waals surface area contributed by atoms with Gasteiger partial charge in [0.1, 0.15) is 5.82 Å². The predicted octanol–water partition coefficient (Wildman–Crippen LogP) is 3.59. The number of halogens is 2. The largest absolute Gasteiger partial charge is 0.326 e. The van der Waals surface area contributed by atoms with Crippen molar-refractivity contribution in [2.24, 2.45) is 5.92 Å². The SMILES string of the molecule is Cc1cc(F)c(Br)cc1NC(=O)C1CCSC1. The van der Waals surface area contributed by atoms with E-state index in [-0.39, 0.29) is 17.6 Å². The number of anilines is 1. The summed E-state index contributed by atoms with van der Waals surface area (Å²) in [6.07, 6.45) is 0.928. The molecule has 1 amide bonds. The summed E-state index contributed by atoms with van der Waals surface area (Å²) in [5, 5.41) is 2.87. The fraction of sp³-hybridized carbons (Fsp3) is 0.417. The van der Waals surface area contributed by atoms with Crippen LogP contribution in [0.2, 0.25) is 0 Å². The molecule has 17 heavy (non-hydrogen) atoms. The molecule has 5 heteroatoms. The van der Waals surface area contributed by atoms with Crippen LogP contribution in [0.3, 0.4) is 0 Å². The van der Waals surface area contributed by atoms with Gasteiger partial charge >= 0.3 is 0 Å². The Morgan fingerprint density at radius 2 is 2.35 bits per heavy atom. The Bertz CT molecular complexity index is 446. The standard InChI is InChI=1S/C12H13BrFNOS/c1-7-4-10(14)9(13)5-11(7)15-12(16)8-2-3-17-6-8/h4-5,8H,2-3,6H2,1H3,(H,15,16). The molecular weight excluding hydrogens is 305 g/mol. The Balaban J connectivity index is 2.12. The molecule has 0 bridgehead atoms. The molecule has 2 nitrogen and oxygen atoms in total. The maximum atomic E-state index is 13.2. The van der Waals surface area contributed by atoms with Crippen LogP contribution in [-0.2, 0) is 4.79 Å². The summed E-state index contributed by atoms with van der Waals surface area (Å²) in [6, 6.07) is 3.04. The van der Waals surface area contributed by atoms with Crippen molar-refractivity contribution in [3.63, 3.8) is 0 Å². The lowest BCUT2D eigenvalue weighted by molar-refractivity contribution is -0.119. The first kappa shape index (κ1) is 12.9. The lowest BCUT2D eigenvalue weighted by atomic mass is 10.1. The van der Waals surface area contributed by atoms with Gasteiger partial charge in [0.05, 0.1) is 4.47 Å². The van der Waals surface area contributed by atoms with Crippen molar-refractivity contribution in [1.82, 2.24) is 0 Å². The van der Waals surface area contributed by atoms with Gasteiger partial charge in [0.15, 0.2) is 0 Å². The van der Waals surface area contributed by atoms with Gasteiger partial charge in [0.2, 0.25) is 5.91 Å². The number of amides is 1. The Labute approximate surface area is 112 Å². The summed E-state index contributed by atoms with van der Waals surface area (Å²) >= 11 is 4.92. The van der Waals surface area contributed by atoms with E-state index in [1.165, 1.54) is 6.07 Å². The maximum Gasteiger partial charge on any atom is 0.228 e. The minimum absolute atomic E-state index is 0.0385. The highest BCUT2D eigenvalue weighted by Gasteiger charge is 2.23. The number of aryl methyl sites for hydroxylation is 1. The highest BCUT2D eigenvalue weighted by atomic mass is 79.9. The molecule has 1 unspecified atom stereocenters. The molecule has 2 rings (SSSR count). The van der Waals surface area contributed by atoms with E-state index in [1.807, 2.05) is 0 Å². The molecule has 1 aliphatic heterocycles. The normalized spacial score (nSPS) is 19.4. The van der Waals surface area contributed by atoms with E-state index >= 15 is 0 Å². The van der Waals surface area contributed by atoms with E-state index in [0.717, 1.165) is 23.5 Å². The number of hydrogen-bond donors (Lipinski definition) is 1. The molecule has 1 heterocycles. The van der Waals surface area contributed by atoms with Gasteiger partial charge in [-0.15, -0.1) is 0 Å². The average molecular weight is 318 g/mol. The fourth-order valence-corrected chi connectivity index (χ4v) is 3.32. The first-order valence-corrected chi connectivity index (χ1v) is 7.37. The van der Waals surface area contributed by atoms with Crippen LogP contribution in [0, 0.1) is 18.7 Å². The van der Waals surface area contributed by atoms with Crippen molar-refractivity contribution in [1.29, 1.82) is 0 Å². The molecule has 1 saturated heterocycles. The third-order valence-electron chi connectivity index (χ3n) is 2.83. The molecule has 1 aliphatic rings. The van der Waals surface area contributed by atoms with Crippen LogP contribution in [0.15, 0.2) is 16.6 Å². The molecule has 0 radical (unpaired) electrons. The van der Waals surface area contributed by atoms with E-state index in [9.17, 15) is 9.18 Å². The van der Waals surface area contributed by atoms with Crippen LogP contribution in [-0.4, -0.2) is 17.4 Å². The smallest absolute Gasteiger partial charge is 0.228 e. The van der Waals surface area contributed by atoms with Gasteiger partial charge in [-0.25, -0.2) is 4.39 Å². The second-order valence-corrected chi connectivity index (χ2v) is 6.14. The maximum absolute atomic E-state index is 13.2. The van der Waals surface area contributed by atoms with Crippen molar-refractivity contribution in [3.05, 3.63) is 28.0 Å². The van der Waals surface area contributed by atoms with Gasteiger partial charge in [0, 0.05) is 17.4 Å².